The Kier molecular flexibility index (Phi) is 2.70. The third kappa shape index (κ3) is 1.51. The fourth-order valence-corrected chi connectivity index (χ4v) is 3.65. The zero-order valence-corrected chi connectivity index (χ0v) is 9.30. The van der Waals surface area contributed by atoms with Crippen molar-refractivity contribution in [3.8, 4) is 0 Å². The molecule has 0 spiro atoms. The summed E-state index contributed by atoms with van der Waals surface area (Å²) in [7, 11) is 1.16. The molecular formula is C11H15NOS. The molecule has 14 heavy (non-hydrogen) atoms. The second kappa shape index (κ2) is 3.83. The van der Waals surface area contributed by atoms with Crippen LogP contribution in [0.2, 0.25) is 0 Å². The predicted molar refractivity (Wildman–Crippen MR) is 58.7 cm³/mol. The molecule has 1 aromatic rings. The van der Waals surface area contributed by atoms with Gasteiger partial charge in [0, 0.05) is 16.7 Å². The van der Waals surface area contributed by atoms with E-state index in [0.717, 1.165) is 10.6 Å². The molecule has 0 aromatic heterocycles. The summed E-state index contributed by atoms with van der Waals surface area (Å²) >= 11 is 0. The molecule has 0 saturated heterocycles. The lowest BCUT2D eigenvalue weighted by atomic mass is 9.95. The van der Waals surface area contributed by atoms with Gasteiger partial charge in [0.15, 0.2) is 0 Å². The van der Waals surface area contributed by atoms with Crippen molar-refractivity contribution < 1.29 is 4.21 Å². The summed E-state index contributed by atoms with van der Waals surface area (Å²) in [6, 6.07) is 8.37. The standard InChI is InChI=1S/C11H15NOS/c1-8-7-14(13)10-6-4-3-5-9(10)11(8)12-2/h3-6,8,11-12H,7H2,1-2H3. The lowest BCUT2D eigenvalue weighted by molar-refractivity contribution is 0.431. The summed E-state index contributed by atoms with van der Waals surface area (Å²) in [6.07, 6.45) is 0. The Bertz CT molecular complexity index is 364. The van der Waals surface area contributed by atoms with Crippen molar-refractivity contribution in [3.05, 3.63) is 29.8 Å². The summed E-state index contributed by atoms with van der Waals surface area (Å²) < 4.78 is 11.8. The summed E-state index contributed by atoms with van der Waals surface area (Å²) in [4.78, 5) is 1.00. The molecule has 0 fully saturated rings. The first-order valence-corrected chi connectivity index (χ1v) is 6.20. The molecule has 3 atom stereocenters. The van der Waals surface area contributed by atoms with Gasteiger partial charge in [0.1, 0.15) is 0 Å². The van der Waals surface area contributed by atoms with Gasteiger partial charge < -0.3 is 5.32 Å². The van der Waals surface area contributed by atoms with E-state index in [1.165, 1.54) is 5.56 Å². The average Bonchev–Trinajstić information content (AvgIpc) is 2.18. The van der Waals surface area contributed by atoms with Gasteiger partial charge in [-0.3, -0.25) is 4.21 Å². The molecule has 0 amide bonds. The minimum absolute atomic E-state index is 0.351. The molecule has 0 bridgehead atoms. The fourth-order valence-electron chi connectivity index (χ4n) is 2.12. The van der Waals surface area contributed by atoms with Crippen molar-refractivity contribution in [2.75, 3.05) is 12.8 Å². The smallest absolute Gasteiger partial charge is 0.0536 e. The van der Waals surface area contributed by atoms with E-state index in [-0.39, 0.29) is 0 Å². The lowest BCUT2D eigenvalue weighted by Gasteiger charge is -2.30. The molecular weight excluding hydrogens is 194 g/mol. The topological polar surface area (TPSA) is 29.1 Å². The Labute approximate surface area is 87.2 Å². The van der Waals surface area contributed by atoms with Crippen LogP contribution in [0.15, 0.2) is 29.2 Å². The van der Waals surface area contributed by atoms with E-state index in [9.17, 15) is 4.21 Å². The second-order valence-electron chi connectivity index (χ2n) is 3.79. The van der Waals surface area contributed by atoms with Crippen LogP contribution in [-0.4, -0.2) is 17.0 Å². The van der Waals surface area contributed by atoms with Crippen LogP contribution in [0.25, 0.3) is 0 Å². The van der Waals surface area contributed by atoms with Gasteiger partial charge in [-0.1, -0.05) is 25.1 Å². The van der Waals surface area contributed by atoms with Crippen molar-refractivity contribution in [1.82, 2.24) is 5.32 Å². The lowest BCUT2D eigenvalue weighted by Crippen LogP contribution is -2.32. The van der Waals surface area contributed by atoms with Crippen LogP contribution < -0.4 is 5.32 Å². The normalized spacial score (nSPS) is 31.1. The van der Waals surface area contributed by atoms with Crippen LogP contribution in [0.1, 0.15) is 18.5 Å². The Morgan fingerprint density at radius 1 is 1.43 bits per heavy atom. The first-order chi connectivity index (χ1) is 6.74. The van der Waals surface area contributed by atoms with Crippen molar-refractivity contribution in [2.45, 2.75) is 17.9 Å². The van der Waals surface area contributed by atoms with E-state index in [4.69, 9.17) is 0 Å². The van der Waals surface area contributed by atoms with Crippen LogP contribution >= 0.6 is 0 Å². The first kappa shape index (κ1) is 9.87. The molecule has 2 rings (SSSR count). The predicted octanol–water partition coefficient (Wildman–Crippen LogP) is 1.70. The zero-order valence-electron chi connectivity index (χ0n) is 8.49. The molecule has 1 aliphatic heterocycles. The van der Waals surface area contributed by atoms with Gasteiger partial charge in [-0.15, -0.1) is 0 Å². The van der Waals surface area contributed by atoms with Crippen LogP contribution in [0, 0.1) is 5.92 Å². The molecule has 1 heterocycles. The number of hydrogen-bond acceptors (Lipinski definition) is 2. The Morgan fingerprint density at radius 2 is 2.14 bits per heavy atom. The van der Waals surface area contributed by atoms with E-state index in [1.54, 1.807) is 0 Å². The fraction of sp³-hybridized carbons (Fsp3) is 0.455. The molecule has 1 aliphatic rings. The largest absolute Gasteiger partial charge is 0.313 e. The quantitative estimate of drug-likeness (QED) is 0.763. The van der Waals surface area contributed by atoms with Crippen LogP contribution in [0.5, 0.6) is 0 Å². The van der Waals surface area contributed by atoms with Gasteiger partial charge in [-0.25, -0.2) is 0 Å². The Balaban J connectivity index is 2.50. The third-order valence-corrected chi connectivity index (χ3v) is 4.48. The highest BCUT2D eigenvalue weighted by Crippen LogP contribution is 2.33. The molecule has 3 heteroatoms. The number of rotatable bonds is 1. The molecule has 2 nitrogen and oxygen atoms in total. The minimum atomic E-state index is -0.808. The molecule has 1 aromatic carbocycles. The number of fused-ring (bicyclic) bond motifs is 1. The molecule has 1 N–H and O–H groups in total. The zero-order chi connectivity index (χ0) is 10.1. The molecule has 0 radical (unpaired) electrons. The Hall–Kier alpha value is -0.670. The van der Waals surface area contributed by atoms with Gasteiger partial charge in [-0.05, 0) is 24.6 Å². The van der Waals surface area contributed by atoms with E-state index < -0.39 is 10.8 Å². The van der Waals surface area contributed by atoms with Crippen LogP contribution in [0.4, 0.5) is 0 Å². The van der Waals surface area contributed by atoms with E-state index in [0.29, 0.717) is 12.0 Å². The van der Waals surface area contributed by atoms with Gasteiger partial charge in [0.2, 0.25) is 0 Å². The maximum absolute atomic E-state index is 11.8. The van der Waals surface area contributed by atoms with Gasteiger partial charge in [0.25, 0.3) is 0 Å². The van der Waals surface area contributed by atoms with Gasteiger partial charge in [0.05, 0.1) is 10.8 Å². The average molecular weight is 209 g/mol. The minimum Gasteiger partial charge on any atom is -0.313 e. The molecule has 76 valence electrons. The van der Waals surface area contributed by atoms with E-state index in [1.807, 2.05) is 25.2 Å². The van der Waals surface area contributed by atoms with Crippen molar-refractivity contribution in [2.24, 2.45) is 5.92 Å². The maximum atomic E-state index is 11.8. The highest BCUT2D eigenvalue weighted by atomic mass is 32.2. The molecule has 0 saturated carbocycles. The van der Waals surface area contributed by atoms with Gasteiger partial charge in [-0.2, -0.15) is 0 Å². The highest BCUT2D eigenvalue weighted by Gasteiger charge is 2.28. The van der Waals surface area contributed by atoms with Crippen molar-refractivity contribution >= 4 is 10.8 Å². The van der Waals surface area contributed by atoms with Crippen LogP contribution in [-0.2, 0) is 10.8 Å². The maximum Gasteiger partial charge on any atom is 0.0536 e. The molecule has 0 aliphatic carbocycles. The third-order valence-electron chi connectivity index (χ3n) is 2.79. The molecule has 3 unspecified atom stereocenters. The SMILES string of the molecule is CNC1c2ccccc2S(=O)CC1C. The van der Waals surface area contributed by atoms with Crippen molar-refractivity contribution in [1.29, 1.82) is 0 Å². The first-order valence-electron chi connectivity index (χ1n) is 4.88. The number of benzene rings is 1. The second-order valence-corrected chi connectivity index (χ2v) is 5.26. The summed E-state index contributed by atoms with van der Waals surface area (Å²) in [5, 5.41) is 3.30. The summed E-state index contributed by atoms with van der Waals surface area (Å²) in [6.45, 7) is 2.15. The van der Waals surface area contributed by atoms with E-state index >= 15 is 0 Å². The summed E-state index contributed by atoms with van der Waals surface area (Å²) in [5.74, 6) is 1.21. The monoisotopic (exact) mass is 209 g/mol. The van der Waals surface area contributed by atoms with E-state index in [2.05, 4.69) is 18.3 Å². The summed E-state index contributed by atoms with van der Waals surface area (Å²) in [5.41, 5.74) is 1.20. The van der Waals surface area contributed by atoms with Crippen molar-refractivity contribution in [3.63, 3.8) is 0 Å². The number of hydrogen-bond donors (Lipinski definition) is 1. The Morgan fingerprint density at radius 3 is 2.86 bits per heavy atom. The highest BCUT2D eigenvalue weighted by molar-refractivity contribution is 7.85. The van der Waals surface area contributed by atoms with Crippen LogP contribution in [0.3, 0.4) is 0 Å². The number of nitrogens with one attached hydrogen (secondary N) is 1. The van der Waals surface area contributed by atoms with Gasteiger partial charge >= 0.3 is 0 Å².